The van der Waals surface area contributed by atoms with Gasteiger partial charge in [-0.2, -0.15) is 4.37 Å². The molecule has 1 aromatic heterocycles. The number of nitrogens with zero attached hydrogens (tertiary/aromatic N) is 4. The Morgan fingerprint density at radius 3 is 1.15 bits per heavy atom. The van der Waals surface area contributed by atoms with Crippen LogP contribution < -0.4 is 0 Å². The van der Waals surface area contributed by atoms with Gasteiger partial charge in [-0.25, -0.2) is 0 Å². The molecule has 4 heterocycles. The lowest BCUT2D eigenvalue weighted by atomic mass is 9.94. The maximum Gasteiger partial charge on any atom is 0.0606 e. The SMILES string of the molecule is CC1=NCC(C)=C1C(C)C.CC1=NCC(C)=C1C(C)C.CCC1=NCC(C)=C1C(C)C.Cc1nsc(C)c1C(C)C. The molecule has 3 aliphatic rings. The Kier molecular flexibility index (Phi) is 15.4. The minimum absolute atomic E-state index is 0.624. The van der Waals surface area contributed by atoms with Crippen molar-refractivity contribution in [3.8, 4) is 0 Å². The van der Waals surface area contributed by atoms with Crippen LogP contribution in [-0.4, -0.2) is 41.1 Å². The molecule has 0 N–H and O–H groups in total. The second kappa shape index (κ2) is 17.1. The molecule has 4 rings (SSSR count). The fourth-order valence-corrected chi connectivity index (χ4v) is 7.18. The standard InChI is InChI=1S/C10H17N.2C9H15N.C8H13NS/c1-5-9-10(7(2)3)8(4)6-11-9;2*1-6(2)9-7(3)5-10-8(9)4;1-5(2)8-6(3)9-10-7(8)4/h7H,5-6H2,1-4H3;2*6H,5H2,1-4H3;5H,1-4H3. The van der Waals surface area contributed by atoms with E-state index < -0.39 is 0 Å². The van der Waals surface area contributed by atoms with Crippen molar-refractivity contribution >= 4 is 28.7 Å². The Morgan fingerprint density at radius 1 is 0.561 bits per heavy atom. The van der Waals surface area contributed by atoms with Crippen molar-refractivity contribution in [3.63, 3.8) is 0 Å². The van der Waals surface area contributed by atoms with Gasteiger partial charge in [-0.15, -0.1) is 0 Å². The van der Waals surface area contributed by atoms with Crippen molar-refractivity contribution < 1.29 is 0 Å². The zero-order chi connectivity index (χ0) is 31.6. The summed E-state index contributed by atoms with van der Waals surface area (Å²) in [4.78, 5) is 14.6. The molecule has 0 radical (unpaired) electrons. The Bertz CT molecular complexity index is 1140. The van der Waals surface area contributed by atoms with Gasteiger partial charge in [0.1, 0.15) is 0 Å². The van der Waals surface area contributed by atoms with E-state index in [1.807, 2.05) is 0 Å². The molecule has 0 aliphatic carbocycles. The molecule has 3 aliphatic heterocycles. The van der Waals surface area contributed by atoms with Gasteiger partial charge in [-0.3, -0.25) is 15.0 Å². The summed E-state index contributed by atoms with van der Waals surface area (Å²) in [6.07, 6.45) is 1.09. The molecular formula is C36H60N4S. The van der Waals surface area contributed by atoms with Crippen LogP contribution in [0.5, 0.6) is 0 Å². The smallest absolute Gasteiger partial charge is 0.0606 e. The molecular weight excluding hydrogens is 520 g/mol. The second-order valence-electron chi connectivity index (χ2n) is 12.9. The number of hydrogen-bond donors (Lipinski definition) is 0. The zero-order valence-corrected chi connectivity index (χ0v) is 30.2. The van der Waals surface area contributed by atoms with Gasteiger partial charge in [0.2, 0.25) is 0 Å². The molecule has 0 spiro atoms. The van der Waals surface area contributed by atoms with Crippen LogP contribution >= 0.6 is 11.5 Å². The summed E-state index contributed by atoms with van der Waals surface area (Å²) in [6, 6.07) is 0. The van der Waals surface area contributed by atoms with Crippen molar-refractivity contribution in [2.45, 2.75) is 123 Å². The van der Waals surface area contributed by atoms with Gasteiger partial charge in [-0.05, 0) is 129 Å². The highest BCUT2D eigenvalue weighted by atomic mass is 32.1. The van der Waals surface area contributed by atoms with Crippen LogP contribution in [0.1, 0.15) is 125 Å². The van der Waals surface area contributed by atoms with E-state index in [9.17, 15) is 0 Å². The normalized spacial score (nSPS) is 16.6. The second-order valence-corrected chi connectivity index (χ2v) is 13.8. The van der Waals surface area contributed by atoms with E-state index in [2.05, 4.69) is 130 Å². The van der Waals surface area contributed by atoms with E-state index in [4.69, 9.17) is 0 Å². The van der Waals surface area contributed by atoms with E-state index in [1.54, 1.807) is 11.5 Å². The number of aryl methyl sites for hydroxylation is 2. The highest BCUT2D eigenvalue weighted by Crippen LogP contribution is 2.26. The van der Waals surface area contributed by atoms with Gasteiger partial charge in [0.25, 0.3) is 0 Å². The Morgan fingerprint density at radius 2 is 0.951 bits per heavy atom. The van der Waals surface area contributed by atoms with E-state index >= 15 is 0 Å². The molecule has 0 unspecified atom stereocenters. The lowest BCUT2D eigenvalue weighted by Crippen LogP contribution is -2.05. The summed E-state index contributed by atoms with van der Waals surface area (Å²) in [5, 5.41) is 0. The van der Waals surface area contributed by atoms with Crippen molar-refractivity contribution in [1.82, 2.24) is 4.37 Å². The van der Waals surface area contributed by atoms with Gasteiger partial charge in [-0.1, -0.05) is 62.3 Å². The summed E-state index contributed by atoms with van der Waals surface area (Å²) in [5.74, 6) is 2.56. The largest absolute Gasteiger partial charge is 0.285 e. The van der Waals surface area contributed by atoms with Crippen LogP contribution in [0.25, 0.3) is 0 Å². The van der Waals surface area contributed by atoms with Crippen LogP contribution in [-0.2, 0) is 0 Å². The highest BCUT2D eigenvalue weighted by molar-refractivity contribution is 7.05. The van der Waals surface area contributed by atoms with Crippen LogP contribution in [0, 0.1) is 31.6 Å². The number of allylic oxidation sites excluding steroid dienone is 3. The van der Waals surface area contributed by atoms with Gasteiger partial charge < -0.3 is 0 Å². The lowest BCUT2D eigenvalue weighted by Gasteiger charge is -2.09. The predicted octanol–water partition coefficient (Wildman–Crippen LogP) is 10.6. The van der Waals surface area contributed by atoms with Crippen molar-refractivity contribution in [2.24, 2.45) is 32.7 Å². The van der Waals surface area contributed by atoms with Crippen molar-refractivity contribution in [3.05, 3.63) is 49.6 Å². The van der Waals surface area contributed by atoms with Crippen molar-refractivity contribution in [1.29, 1.82) is 0 Å². The maximum absolute atomic E-state index is 4.48. The van der Waals surface area contributed by atoms with E-state index in [0.717, 1.165) is 26.1 Å². The Balaban J connectivity index is 0.000000274. The first-order valence-electron chi connectivity index (χ1n) is 15.6. The summed E-state index contributed by atoms with van der Waals surface area (Å²) < 4.78 is 4.28. The predicted molar refractivity (Wildman–Crippen MR) is 187 cm³/mol. The molecule has 0 bridgehead atoms. The summed E-state index contributed by atoms with van der Waals surface area (Å²) >= 11 is 1.61. The first-order valence-corrected chi connectivity index (χ1v) is 16.4. The first kappa shape index (κ1) is 36.9. The number of hydrogen-bond acceptors (Lipinski definition) is 5. The maximum atomic E-state index is 4.48. The minimum Gasteiger partial charge on any atom is -0.285 e. The number of aromatic nitrogens is 1. The highest BCUT2D eigenvalue weighted by Gasteiger charge is 2.17. The topological polar surface area (TPSA) is 50.0 Å². The molecule has 4 nitrogen and oxygen atoms in total. The molecule has 41 heavy (non-hydrogen) atoms. The Labute approximate surface area is 257 Å². The minimum atomic E-state index is 0.624. The average Bonchev–Trinajstić information content (AvgIpc) is 3.61. The summed E-state index contributed by atoms with van der Waals surface area (Å²) in [7, 11) is 0. The zero-order valence-electron chi connectivity index (χ0n) is 29.3. The van der Waals surface area contributed by atoms with E-state index in [1.165, 1.54) is 66.7 Å². The molecule has 0 fully saturated rings. The van der Waals surface area contributed by atoms with Gasteiger partial charge >= 0.3 is 0 Å². The van der Waals surface area contributed by atoms with Gasteiger partial charge in [0.15, 0.2) is 0 Å². The third-order valence-corrected chi connectivity index (χ3v) is 8.68. The molecule has 5 heteroatoms. The quantitative estimate of drug-likeness (QED) is 0.342. The van der Waals surface area contributed by atoms with Crippen molar-refractivity contribution in [2.75, 3.05) is 19.6 Å². The van der Waals surface area contributed by atoms with E-state index in [0.29, 0.717) is 23.7 Å². The first-order chi connectivity index (χ1) is 19.0. The lowest BCUT2D eigenvalue weighted by molar-refractivity contribution is 0.792. The fraction of sp³-hybridized carbons (Fsp3) is 0.667. The molecule has 1 aromatic rings. The van der Waals surface area contributed by atoms with Gasteiger partial charge in [0.05, 0.1) is 25.3 Å². The third kappa shape index (κ3) is 10.6. The molecule has 0 saturated carbocycles. The fourth-order valence-electron chi connectivity index (χ4n) is 6.33. The molecule has 0 amide bonds. The monoisotopic (exact) mass is 580 g/mol. The third-order valence-electron chi connectivity index (χ3n) is 7.82. The average molecular weight is 581 g/mol. The molecule has 0 saturated heterocycles. The molecule has 0 aromatic carbocycles. The van der Waals surface area contributed by atoms with Crippen LogP contribution in [0.2, 0.25) is 0 Å². The summed E-state index contributed by atoms with van der Waals surface area (Å²) in [6.45, 7) is 37.8. The number of rotatable bonds is 5. The van der Waals surface area contributed by atoms with Crippen LogP contribution in [0.4, 0.5) is 0 Å². The van der Waals surface area contributed by atoms with E-state index in [-0.39, 0.29) is 0 Å². The van der Waals surface area contributed by atoms with Gasteiger partial charge in [0, 0.05) is 22.0 Å². The molecule has 230 valence electrons. The van der Waals surface area contributed by atoms with Crippen LogP contribution in [0.15, 0.2) is 48.4 Å². The Hall–Kier alpha value is -2.14. The van der Waals surface area contributed by atoms with Crippen LogP contribution in [0.3, 0.4) is 0 Å². The molecule has 0 atom stereocenters. The summed E-state index contributed by atoms with van der Waals surface area (Å²) in [5.41, 5.74) is 15.3. The number of aliphatic imine (C=N–C) groups is 3.